The van der Waals surface area contributed by atoms with E-state index in [1.54, 1.807) is 19.2 Å². The van der Waals surface area contributed by atoms with Gasteiger partial charge in [0, 0.05) is 16.1 Å². The van der Waals surface area contributed by atoms with Gasteiger partial charge in [-0.05, 0) is 36.9 Å². The Morgan fingerprint density at radius 2 is 1.63 bits per heavy atom. The van der Waals surface area contributed by atoms with Crippen LogP contribution in [0.2, 0.25) is 0 Å². The first kappa shape index (κ1) is 14.1. The topological polar surface area (TPSA) is 12.0 Å². The van der Waals surface area contributed by atoms with Crippen LogP contribution in [0.5, 0.6) is 0 Å². The van der Waals surface area contributed by atoms with E-state index in [-0.39, 0.29) is 0 Å². The Morgan fingerprint density at radius 3 is 2.16 bits per heavy atom. The molecule has 0 saturated carbocycles. The molecule has 19 heavy (non-hydrogen) atoms. The van der Waals surface area contributed by atoms with E-state index >= 15 is 0 Å². The van der Waals surface area contributed by atoms with Gasteiger partial charge in [0.05, 0.1) is 6.04 Å². The van der Waals surface area contributed by atoms with Gasteiger partial charge in [-0.3, -0.25) is 0 Å². The molecule has 0 aromatic heterocycles. The Kier molecular flexibility index (Phi) is 4.27. The lowest BCUT2D eigenvalue weighted by Crippen LogP contribution is -2.19. The van der Waals surface area contributed by atoms with Gasteiger partial charge in [0.1, 0.15) is 17.5 Å². The number of hydrogen-bond acceptors (Lipinski definition) is 1. The summed E-state index contributed by atoms with van der Waals surface area (Å²) >= 11 is 3.17. The highest BCUT2D eigenvalue weighted by Gasteiger charge is 2.17. The van der Waals surface area contributed by atoms with Gasteiger partial charge in [-0.15, -0.1) is 0 Å². The van der Waals surface area contributed by atoms with Crippen molar-refractivity contribution < 1.29 is 13.2 Å². The van der Waals surface area contributed by atoms with Crippen molar-refractivity contribution in [3.63, 3.8) is 0 Å². The van der Waals surface area contributed by atoms with Crippen molar-refractivity contribution in [1.82, 2.24) is 5.32 Å². The van der Waals surface area contributed by atoms with Crippen LogP contribution in [0.1, 0.15) is 17.2 Å². The number of hydrogen-bond donors (Lipinski definition) is 1. The maximum absolute atomic E-state index is 13.9. The molecule has 0 aliphatic carbocycles. The Hall–Kier alpha value is -1.33. The number of nitrogens with one attached hydrogen (secondary N) is 1. The minimum absolute atomic E-state index is 0.329. The second kappa shape index (κ2) is 5.75. The van der Waals surface area contributed by atoms with Crippen LogP contribution >= 0.6 is 15.9 Å². The summed E-state index contributed by atoms with van der Waals surface area (Å²) in [6.07, 6.45) is 0. The van der Waals surface area contributed by atoms with Crippen LogP contribution in [0.4, 0.5) is 13.2 Å². The third kappa shape index (κ3) is 3.16. The third-order valence-corrected chi connectivity index (χ3v) is 3.27. The molecule has 0 aliphatic rings. The molecule has 0 fully saturated rings. The first-order valence-corrected chi connectivity index (χ1v) is 6.39. The van der Waals surface area contributed by atoms with Gasteiger partial charge < -0.3 is 5.32 Å². The fraction of sp³-hybridized carbons (Fsp3) is 0.143. The van der Waals surface area contributed by atoms with Gasteiger partial charge in [0.2, 0.25) is 0 Å². The van der Waals surface area contributed by atoms with Crippen molar-refractivity contribution in [2.24, 2.45) is 0 Å². The number of halogens is 4. The smallest absolute Gasteiger partial charge is 0.129 e. The zero-order valence-electron chi connectivity index (χ0n) is 10.1. The van der Waals surface area contributed by atoms with Gasteiger partial charge in [-0.25, -0.2) is 13.2 Å². The maximum Gasteiger partial charge on any atom is 0.129 e. The Labute approximate surface area is 117 Å². The zero-order valence-corrected chi connectivity index (χ0v) is 11.6. The SMILES string of the molecule is CNC(c1cc(F)cc(F)c1)c1ccc(Br)cc1F. The quantitative estimate of drug-likeness (QED) is 0.890. The summed E-state index contributed by atoms with van der Waals surface area (Å²) in [4.78, 5) is 0. The molecule has 0 spiro atoms. The lowest BCUT2D eigenvalue weighted by molar-refractivity contribution is 0.556. The predicted octanol–water partition coefficient (Wildman–Crippen LogP) is 4.18. The summed E-state index contributed by atoms with van der Waals surface area (Å²) in [5, 5.41) is 2.86. The van der Waals surface area contributed by atoms with E-state index in [4.69, 9.17) is 0 Å². The van der Waals surface area contributed by atoms with Crippen molar-refractivity contribution in [3.05, 3.63) is 69.4 Å². The van der Waals surface area contributed by atoms with Gasteiger partial charge in [-0.2, -0.15) is 0 Å². The minimum Gasteiger partial charge on any atom is -0.309 e. The molecule has 2 aromatic carbocycles. The van der Waals surface area contributed by atoms with E-state index in [9.17, 15) is 13.2 Å². The van der Waals surface area contributed by atoms with Crippen LogP contribution in [-0.4, -0.2) is 7.05 Å². The molecule has 0 aliphatic heterocycles. The molecule has 1 N–H and O–H groups in total. The van der Waals surface area contributed by atoms with Crippen LogP contribution in [0.15, 0.2) is 40.9 Å². The highest BCUT2D eigenvalue weighted by Crippen LogP contribution is 2.27. The molecule has 2 aromatic rings. The fourth-order valence-electron chi connectivity index (χ4n) is 1.98. The minimum atomic E-state index is -0.687. The van der Waals surface area contributed by atoms with E-state index in [2.05, 4.69) is 21.2 Å². The second-order valence-corrected chi connectivity index (χ2v) is 5.01. The van der Waals surface area contributed by atoms with Crippen molar-refractivity contribution in [2.45, 2.75) is 6.04 Å². The van der Waals surface area contributed by atoms with Gasteiger partial charge in [0.25, 0.3) is 0 Å². The number of benzene rings is 2. The first-order valence-electron chi connectivity index (χ1n) is 5.59. The molecular weight excluding hydrogens is 319 g/mol. The van der Waals surface area contributed by atoms with Gasteiger partial charge >= 0.3 is 0 Å². The number of rotatable bonds is 3. The molecule has 5 heteroatoms. The zero-order chi connectivity index (χ0) is 14.0. The van der Waals surface area contributed by atoms with Crippen LogP contribution in [0.25, 0.3) is 0 Å². The molecule has 1 nitrogen and oxygen atoms in total. The lowest BCUT2D eigenvalue weighted by Gasteiger charge is -2.18. The molecule has 0 saturated heterocycles. The molecule has 0 amide bonds. The molecule has 100 valence electrons. The van der Waals surface area contributed by atoms with Crippen LogP contribution in [-0.2, 0) is 0 Å². The summed E-state index contributed by atoms with van der Waals surface area (Å²) in [6, 6.07) is 7.11. The maximum atomic E-state index is 13.9. The van der Waals surface area contributed by atoms with Crippen LogP contribution in [0, 0.1) is 17.5 Å². The normalized spacial score (nSPS) is 12.5. The summed E-state index contributed by atoms with van der Waals surface area (Å²) in [7, 11) is 1.61. The molecule has 0 radical (unpaired) electrons. The summed E-state index contributed by atoms with van der Waals surface area (Å²) in [5.41, 5.74) is 0.664. The third-order valence-electron chi connectivity index (χ3n) is 2.78. The second-order valence-electron chi connectivity index (χ2n) is 4.09. The van der Waals surface area contributed by atoms with Crippen molar-refractivity contribution in [1.29, 1.82) is 0 Å². The average Bonchev–Trinajstić information content (AvgIpc) is 2.31. The van der Waals surface area contributed by atoms with E-state index in [1.165, 1.54) is 18.2 Å². The highest BCUT2D eigenvalue weighted by atomic mass is 79.9. The average molecular weight is 330 g/mol. The Bertz CT molecular complexity index is 581. The van der Waals surface area contributed by atoms with E-state index in [0.29, 0.717) is 15.6 Å². The van der Waals surface area contributed by atoms with Crippen LogP contribution in [0.3, 0.4) is 0 Å². The highest BCUT2D eigenvalue weighted by molar-refractivity contribution is 9.10. The molecule has 0 heterocycles. The van der Waals surface area contributed by atoms with Crippen molar-refractivity contribution in [3.8, 4) is 0 Å². The molecule has 1 unspecified atom stereocenters. The molecule has 0 bridgehead atoms. The van der Waals surface area contributed by atoms with Crippen LogP contribution < -0.4 is 5.32 Å². The van der Waals surface area contributed by atoms with E-state index in [0.717, 1.165) is 6.07 Å². The standard InChI is InChI=1S/C14H11BrF3N/c1-19-14(8-4-10(16)7-11(17)5-8)12-3-2-9(15)6-13(12)18/h2-7,14,19H,1H3. The van der Waals surface area contributed by atoms with Crippen molar-refractivity contribution in [2.75, 3.05) is 7.05 Å². The van der Waals surface area contributed by atoms with E-state index < -0.39 is 23.5 Å². The summed E-state index contributed by atoms with van der Waals surface area (Å²) in [5.74, 6) is -1.82. The van der Waals surface area contributed by atoms with Crippen molar-refractivity contribution >= 4 is 15.9 Å². The van der Waals surface area contributed by atoms with Gasteiger partial charge in [-0.1, -0.05) is 22.0 Å². The fourth-order valence-corrected chi connectivity index (χ4v) is 2.31. The molecule has 1 atom stereocenters. The Balaban J connectivity index is 2.49. The van der Waals surface area contributed by atoms with E-state index in [1.807, 2.05) is 0 Å². The lowest BCUT2D eigenvalue weighted by atomic mass is 9.98. The predicted molar refractivity (Wildman–Crippen MR) is 71.4 cm³/mol. The van der Waals surface area contributed by atoms with Gasteiger partial charge in [0.15, 0.2) is 0 Å². The largest absolute Gasteiger partial charge is 0.309 e. The summed E-state index contributed by atoms with van der Waals surface area (Å²) in [6.45, 7) is 0. The Morgan fingerprint density at radius 1 is 1.00 bits per heavy atom. The molecule has 2 rings (SSSR count). The summed E-state index contributed by atoms with van der Waals surface area (Å²) < 4.78 is 41.0. The molecular formula is C14H11BrF3N. The monoisotopic (exact) mass is 329 g/mol. The first-order chi connectivity index (χ1) is 9.01.